The lowest BCUT2D eigenvalue weighted by atomic mass is 10.1. The number of aromatic nitrogens is 1. The van der Waals surface area contributed by atoms with Crippen LogP contribution in [-0.4, -0.2) is 78.1 Å². The third-order valence-electron chi connectivity index (χ3n) is 5.83. The highest BCUT2D eigenvalue weighted by Crippen LogP contribution is 2.31. The molecule has 1 aromatic rings. The molecule has 3 saturated heterocycles. The van der Waals surface area contributed by atoms with Gasteiger partial charge in [0.2, 0.25) is 5.91 Å². The summed E-state index contributed by atoms with van der Waals surface area (Å²) < 4.78 is 5.41. The highest BCUT2D eigenvalue weighted by atomic mass is 16.5. The Bertz CT molecular complexity index is 594. The van der Waals surface area contributed by atoms with Crippen molar-refractivity contribution >= 4 is 5.91 Å². The standard InChI is InChI=1S/C20H30N4O2/c25-20(16-22-7-1-2-8-22)24-9-3-4-19(24)18-6-5-17(14-21-18)15-23-10-12-26-13-11-23/h5-6,14,19H,1-4,7-13,15-16H2. The first-order valence-electron chi connectivity index (χ1n) is 10.1. The van der Waals surface area contributed by atoms with Crippen molar-refractivity contribution in [2.75, 3.05) is 52.5 Å². The fourth-order valence-electron chi connectivity index (χ4n) is 4.34. The van der Waals surface area contributed by atoms with Crippen LogP contribution in [0.2, 0.25) is 0 Å². The average Bonchev–Trinajstić information content (AvgIpc) is 3.35. The van der Waals surface area contributed by atoms with Gasteiger partial charge in [0, 0.05) is 32.4 Å². The predicted octanol–water partition coefficient (Wildman–Crippen LogP) is 1.67. The predicted molar refractivity (Wildman–Crippen MR) is 99.7 cm³/mol. The molecule has 0 aliphatic carbocycles. The summed E-state index contributed by atoms with van der Waals surface area (Å²) in [6, 6.07) is 4.46. The fraction of sp³-hybridized carbons (Fsp3) is 0.700. The summed E-state index contributed by atoms with van der Waals surface area (Å²) in [7, 11) is 0. The van der Waals surface area contributed by atoms with E-state index in [1.807, 2.05) is 6.20 Å². The molecule has 6 nitrogen and oxygen atoms in total. The van der Waals surface area contributed by atoms with Gasteiger partial charge in [-0.05, 0) is 50.4 Å². The molecule has 3 aliphatic heterocycles. The first kappa shape index (κ1) is 17.9. The van der Waals surface area contributed by atoms with Crippen LogP contribution in [0.15, 0.2) is 18.3 Å². The number of nitrogens with zero attached hydrogens (tertiary/aromatic N) is 4. The van der Waals surface area contributed by atoms with Crippen molar-refractivity contribution < 1.29 is 9.53 Å². The monoisotopic (exact) mass is 358 g/mol. The SMILES string of the molecule is O=C(CN1CCCC1)N1CCCC1c1ccc(CN2CCOCC2)cn1. The van der Waals surface area contributed by atoms with Gasteiger partial charge in [-0.2, -0.15) is 0 Å². The second-order valence-corrected chi connectivity index (χ2v) is 7.71. The molecule has 0 saturated carbocycles. The summed E-state index contributed by atoms with van der Waals surface area (Å²) >= 11 is 0. The van der Waals surface area contributed by atoms with Gasteiger partial charge < -0.3 is 9.64 Å². The minimum atomic E-state index is 0.155. The van der Waals surface area contributed by atoms with Crippen LogP contribution in [0.4, 0.5) is 0 Å². The van der Waals surface area contributed by atoms with Crippen molar-refractivity contribution in [1.29, 1.82) is 0 Å². The van der Waals surface area contributed by atoms with Gasteiger partial charge in [-0.1, -0.05) is 6.07 Å². The van der Waals surface area contributed by atoms with Crippen LogP contribution in [-0.2, 0) is 16.1 Å². The third-order valence-corrected chi connectivity index (χ3v) is 5.83. The summed E-state index contributed by atoms with van der Waals surface area (Å²) in [4.78, 5) is 24.2. The van der Waals surface area contributed by atoms with Gasteiger partial charge in [0.25, 0.3) is 0 Å². The molecule has 0 N–H and O–H groups in total. The molecular formula is C20H30N4O2. The molecule has 142 valence electrons. The number of carbonyl (C=O) groups is 1. The molecule has 1 unspecified atom stereocenters. The van der Waals surface area contributed by atoms with Gasteiger partial charge in [0.1, 0.15) is 0 Å². The number of ether oxygens (including phenoxy) is 1. The van der Waals surface area contributed by atoms with Crippen LogP contribution in [0, 0.1) is 0 Å². The second kappa shape index (κ2) is 8.46. The summed E-state index contributed by atoms with van der Waals surface area (Å²) in [5.74, 6) is 0.272. The van der Waals surface area contributed by atoms with E-state index in [0.717, 1.165) is 71.0 Å². The van der Waals surface area contributed by atoms with E-state index >= 15 is 0 Å². The van der Waals surface area contributed by atoms with Crippen LogP contribution in [0.5, 0.6) is 0 Å². The lowest BCUT2D eigenvalue weighted by Gasteiger charge is -2.28. The number of likely N-dealkylation sites (tertiary alicyclic amines) is 2. The van der Waals surface area contributed by atoms with Gasteiger partial charge in [0.15, 0.2) is 0 Å². The minimum Gasteiger partial charge on any atom is -0.379 e. The molecule has 3 aliphatic rings. The molecule has 0 bridgehead atoms. The molecule has 1 atom stereocenters. The smallest absolute Gasteiger partial charge is 0.237 e. The number of hydrogen-bond acceptors (Lipinski definition) is 5. The summed E-state index contributed by atoms with van der Waals surface area (Å²) in [6.45, 7) is 8.13. The Balaban J connectivity index is 1.36. The Hall–Kier alpha value is -1.50. The van der Waals surface area contributed by atoms with Gasteiger partial charge in [-0.15, -0.1) is 0 Å². The first-order chi connectivity index (χ1) is 12.8. The molecule has 4 rings (SSSR count). The molecule has 0 spiro atoms. The number of hydrogen-bond donors (Lipinski definition) is 0. The van der Waals surface area contributed by atoms with Crippen molar-refractivity contribution in [2.45, 2.75) is 38.3 Å². The number of amides is 1. The van der Waals surface area contributed by atoms with Crippen molar-refractivity contribution in [1.82, 2.24) is 19.7 Å². The highest BCUT2D eigenvalue weighted by molar-refractivity contribution is 5.79. The molecule has 3 fully saturated rings. The van der Waals surface area contributed by atoms with Crippen molar-refractivity contribution in [3.63, 3.8) is 0 Å². The van der Waals surface area contributed by atoms with E-state index in [1.54, 1.807) is 0 Å². The van der Waals surface area contributed by atoms with Crippen molar-refractivity contribution in [3.8, 4) is 0 Å². The van der Waals surface area contributed by atoms with Gasteiger partial charge in [-0.3, -0.25) is 19.6 Å². The summed E-state index contributed by atoms with van der Waals surface area (Å²) in [5, 5.41) is 0. The van der Waals surface area contributed by atoms with Crippen LogP contribution >= 0.6 is 0 Å². The van der Waals surface area contributed by atoms with Gasteiger partial charge >= 0.3 is 0 Å². The number of carbonyl (C=O) groups excluding carboxylic acids is 1. The molecule has 6 heteroatoms. The molecular weight excluding hydrogens is 328 g/mol. The lowest BCUT2D eigenvalue weighted by molar-refractivity contribution is -0.133. The van der Waals surface area contributed by atoms with E-state index in [0.29, 0.717) is 6.54 Å². The molecule has 0 radical (unpaired) electrons. The zero-order chi connectivity index (χ0) is 17.8. The Morgan fingerprint density at radius 1 is 1.04 bits per heavy atom. The van der Waals surface area contributed by atoms with Crippen LogP contribution in [0.3, 0.4) is 0 Å². The summed E-state index contributed by atoms with van der Waals surface area (Å²) in [6.07, 6.45) is 6.55. The number of morpholine rings is 1. The van der Waals surface area contributed by atoms with E-state index in [-0.39, 0.29) is 11.9 Å². The number of pyridine rings is 1. The zero-order valence-electron chi connectivity index (χ0n) is 15.6. The largest absolute Gasteiger partial charge is 0.379 e. The van der Waals surface area contributed by atoms with E-state index in [2.05, 4.69) is 26.8 Å². The van der Waals surface area contributed by atoms with E-state index in [9.17, 15) is 4.79 Å². The van der Waals surface area contributed by atoms with Gasteiger partial charge in [0.05, 0.1) is 31.5 Å². The Kier molecular flexibility index (Phi) is 5.82. The molecule has 4 heterocycles. The molecule has 0 aromatic carbocycles. The average molecular weight is 358 g/mol. The molecule has 1 amide bonds. The minimum absolute atomic E-state index is 0.155. The molecule has 1 aromatic heterocycles. The number of rotatable bonds is 5. The Labute approximate surface area is 156 Å². The fourth-order valence-corrected chi connectivity index (χ4v) is 4.34. The second-order valence-electron chi connectivity index (χ2n) is 7.71. The maximum absolute atomic E-state index is 12.8. The highest BCUT2D eigenvalue weighted by Gasteiger charge is 2.31. The van der Waals surface area contributed by atoms with Crippen LogP contribution in [0.1, 0.15) is 43.0 Å². The quantitative estimate of drug-likeness (QED) is 0.801. The van der Waals surface area contributed by atoms with E-state index in [4.69, 9.17) is 9.72 Å². The summed E-state index contributed by atoms with van der Waals surface area (Å²) in [5.41, 5.74) is 2.28. The van der Waals surface area contributed by atoms with Gasteiger partial charge in [-0.25, -0.2) is 0 Å². The normalized spacial score (nSPS) is 25.1. The molecule has 26 heavy (non-hydrogen) atoms. The Morgan fingerprint density at radius 3 is 2.58 bits per heavy atom. The van der Waals surface area contributed by atoms with Crippen LogP contribution in [0.25, 0.3) is 0 Å². The maximum Gasteiger partial charge on any atom is 0.237 e. The third kappa shape index (κ3) is 4.24. The zero-order valence-corrected chi connectivity index (χ0v) is 15.6. The van der Waals surface area contributed by atoms with E-state index in [1.165, 1.54) is 18.4 Å². The lowest BCUT2D eigenvalue weighted by Crippen LogP contribution is -2.39. The van der Waals surface area contributed by atoms with Crippen molar-refractivity contribution in [3.05, 3.63) is 29.6 Å². The van der Waals surface area contributed by atoms with Crippen LogP contribution < -0.4 is 0 Å². The Morgan fingerprint density at radius 2 is 1.85 bits per heavy atom. The van der Waals surface area contributed by atoms with Crippen molar-refractivity contribution in [2.24, 2.45) is 0 Å². The first-order valence-corrected chi connectivity index (χ1v) is 10.1. The van der Waals surface area contributed by atoms with E-state index < -0.39 is 0 Å². The topological polar surface area (TPSA) is 48.9 Å². The maximum atomic E-state index is 12.8.